The van der Waals surface area contributed by atoms with Gasteiger partial charge in [0.05, 0.1) is 11.6 Å². The maximum absolute atomic E-state index is 11.5. The Morgan fingerprint density at radius 1 is 1.57 bits per heavy atom. The Morgan fingerprint density at radius 2 is 2.14 bits per heavy atom. The van der Waals surface area contributed by atoms with E-state index < -0.39 is 6.04 Å². The Labute approximate surface area is 87.5 Å². The zero-order valence-corrected chi connectivity index (χ0v) is 8.80. The summed E-state index contributed by atoms with van der Waals surface area (Å²) in [5, 5.41) is 9.95. The first-order valence-corrected chi connectivity index (χ1v) is 4.60. The van der Waals surface area contributed by atoms with Crippen LogP contribution in [-0.2, 0) is 0 Å². The van der Waals surface area contributed by atoms with Crippen molar-refractivity contribution in [3.05, 3.63) is 28.3 Å². The van der Waals surface area contributed by atoms with Gasteiger partial charge in [-0.05, 0) is 31.5 Å². The molecule has 0 radical (unpaired) electrons. The van der Waals surface area contributed by atoms with Crippen LogP contribution in [0.15, 0.2) is 12.1 Å². The van der Waals surface area contributed by atoms with Crippen molar-refractivity contribution in [1.82, 2.24) is 0 Å². The number of nitrogens with two attached hydrogens (primary N) is 1. The zero-order valence-electron chi connectivity index (χ0n) is 8.04. The molecule has 14 heavy (non-hydrogen) atoms. The van der Waals surface area contributed by atoms with E-state index >= 15 is 0 Å². The van der Waals surface area contributed by atoms with E-state index in [0.717, 1.165) is 5.56 Å². The Kier molecular flexibility index (Phi) is 3.13. The minimum absolute atomic E-state index is 0.0748. The molecule has 0 fully saturated rings. The van der Waals surface area contributed by atoms with Gasteiger partial charge in [0.15, 0.2) is 5.78 Å². The summed E-state index contributed by atoms with van der Waals surface area (Å²) in [6.07, 6.45) is 0. The number of carbonyl (C=O) groups is 1. The molecule has 0 heterocycles. The molecule has 1 atom stereocenters. The second-order valence-electron chi connectivity index (χ2n) is 3.27. The molecule has 1 rings (SSSR count). The lowest BCUT2D eigenvalue weighted by molar-refractivity contribution is 0.0965. The van der Waals surface area contributed by atoms with Crippen molar-refractivity contribution in [1.29, 1.82) is 0 Å². The second kappa shape index (κ2) is 3.98. The van der Waals surface area contributed by atoms with E-state index in [1.54, 1.807) is 13.8 Å². The smallest absolute Gasteiger partial charge is 0.182 e. The third-order valence-electron chi connectivity index (χ3n) is 1.96. The summed E-state index contributed by atoms with van der Waals surface area (Å²) in [5.41, 5.74) is 6.32. The number of phenolic OH excluding ortho intramolecular Hbond substituents is 1. The van der Waals surface area contributed by atoms with Crippen LogP contribution in [0.4, 0.5) is 0 Å². The number of ketones is 1. The molecular formula is C10H12ClNO2. The molecular weight excluding hydrogens is 202 g/mol. The normalized spacial score (nSPS) is 12.6. The maximum atomic E-state index is 11.5. The molecule has 0 saturated carbocycles. The van der Waals surface area contributed by atoms with Crippen LogP contribution in [0, 0.1) is 6.92 Å². The first-order valence-electron chi connectivity index (χ1n) is 4.22. The first kappa shape index (κ1) is 11.0. The molecule has 0 bridgehead atoms. The largest absolute Gasteiger partial charge is 0.507 e. The van der Waals surface area contributed by atoms with E-state index in [4.69, 9.17) is 17.3 Å². The number of benzene rings is 1. The number of Topliss-reactive ketones (excluding diaryl/α,β-unsaturated/α-hetero) is 1. The molecule has 0 amide bonds. The maximum Gasteiger partial charge on any atom is 0.182 e. The molecule has 0 aliphatic rings. The van der Waals surface area contributed by atoms with E-state index in [1.807, 2.05) is 0 Å². The summed E-state index contributed by atoms with van der Waals surface area (Å²) < 4.78 is 0. The average molecular weight is 214 g/mol. The van der Waals surface area contributed by atoms with Crippen LogP contribution in [0.5, 0.6) is 5.75 Å². The molecule has 1 aromatic rings. The first-order chi connectivity index (χ1) is 6.43. The van der Waals surface area contributed by atoms with Crippen LogP contribution in [0.2, 0.25) is 5.02 Å². The summed E-state index contributed by atoms with van der Waals surface area (Å²) in [6, 6.07) is 2.26. The minimum atomic E-state index is -0.639. The van der Waals surface area contributed by atoms with Gasteiger partial charge in [0, 0.05) is 5.02 Å². The van der Waals surface area contributed by atoms with Crippen molar-refractivity contribution < 1.29 is 9.90 Å². The van der Waals surface area contributed by atoms with Crippen molar-refractivity contribution in [3.63, 3.8) is 0 Å². The number of carbonyl (C=O) groups excluding carboxylic acids is 1. The Morgan fingerprint density at radius 3 is 2.64 bits per heavy atom. The van der Waals surface area contributed by atoms with Gasteiger partial charge in [0.1, 0.15) is 5.75 Å². The molecule has 76 valence electrons. The highest BCUT2D eigenvalue weighted by Crippen LogP contribution is 2.26. The standard InChI is InChI=1S/C10H12ClNO2/c1-5-3-9(13)7(4-8(5)11)10(14)6(2)12/h3-4,6,13H,12H2,1-2H3. The number of hydrogen-bond donors (Lipinski definition) is 2. The average Bonchev–Trinajstić information content (AvgIpc) is 2.10. The molecule has 0 spiro atoms. The fraction of sp³-hybridized carbons (Fsp3) is 0.300. The van der Waals surface area contributed by atoms with Crippen LogP contribution in [0.3, 0.4) is 0 Å². The van der Waals surface area contributed by atoms with Crippen LogP contribution >= 0.6 is 11.6 Å². The van der Waals surface area contributed by atoms with Crippen molar-refractivity contribution in [2.75, 3.05) is 0 Å². The molecule has 0 aliphatic heterocycles. The molecule has 0 saturated heterocycles. The predicted octanol–water partition coefficient (Wildman–Crippen LogP) is 1.88. The number of hydrogen-bond acceptors (Lipinski definition) is 3. The Bertz CT molecular complexity index is 375. The minimum Gasteiger partial charge on any atom is -0.507 e. The van der Waals surface area contributed by atoms with Gasteiger partial charge < -0.3 is 10.8 Å². The van der Waals surface area contributed by atoms with Crippen LogP contribution < -0.4 is 5.73 Å². The van der Waals surface area contributed by atoms with Gasteiger partial charge >= 0.3 is 0 Å². The second-order valence-corrected chi connectivity index (χ2v) is 3.68. The highest BCUT2D eigenvalue weighted by Gasteiger charge is 2.16. The highest BCUT2D eigenvalue weighted by atomic mass is 35.5. The lowest BCUT2D eigenvalue weighted by Gasteiger charge is -2.08. The lowest BCUT2D eigenvalue weighted by atomic mass is 10.0. The highest BCUT2D eigenvalue weighted by molar-refractivity contribution is 6.31. The van der Waals surface area contributed by atoms with Gasteiger partial charge in [-0.2, -0.15) is 0 Å². The van der Waals surface area contributed by atoms with Crippen LogP contribution in [0.25, 0.3) is 0 Å². The Balaban J connectivity index is 3.22. The van der Waals surface area contributed by atoms with Crippen molar-refractivity contribution in [3.8, 4) is 5.75 Å². The van der Waals surface area contributed by atoms with Gasteiger partial charge in [-0.3, -0.25) is 4.79 Å². The quantitative estimate of drug-likeness (QED) is 0.738. The van der Waals surface area contributed by atoms with Crippen LogP contribution in [-0.4, -0.2) is 16.9 Å². The molecule has 3 N–H and O–H groups in total. The fourth-order valence-electron chi connectivity index (χ4n) is 1.11. The zero-order chi connectivity index (χ0) is 10.9. The van der Waals surface area contributed by atoms with Crippen molar-refractivity contribution in [2.45, 2.75) is 19.9 Å². The van der Waals surface area contributed by atoms with Gasteiger partial charge in [-0.15, -0.1) is 0 Å². The van der Waals surface area contributed by atoms with E-state index in [0.29, 0.717) is 5.02 Å². The molecule has 0 aromatic heterocycles. The number of rotatable bonds is 2. The topological polar surface area (TPSA) is 63.3 Å². The van der Waals surface area contributed by atoms with Gasteiger partial charge in [-0.25, -0.2) is 0 Å². The van der Waals surface area contributed by atoms with E-state index in [1.165, 1.54) is 12.1 Å². The molecule has 0 aliphatic carbocycles. The van der Waals surface area contributed by atoms with E-state index in [-0.39, 0.29) is 17.1 Å². The number of halogens is 1. The predicted molar refractivity (Wildman–Crippen MR) is 55.8 cm³/mol. The van der Waals surface area contributed by atoms with Gasteiger partial charge in [0.25, 0.3) is 0 Å². The Hall–Kier alpha value is -1.06. The molecule has 4 heteroatoms. The third-order valence-corrected chi connectivity index (χ3v) is 2.36. The van der Waals surface area contributed by atoms with Crippen molar-refractivity contribution in [2.24, 2.45) is 5.73 Å². The lowest BCUT2D eigenvalue weighted by Crippen LogP contribution is -2.26. The summed E-state index contributed by atoms with van der Waals surface area (Å²) in [4.78, 5) is 11.5. The summed E-state index contributed by atoms with van der Waals surface area (Å²) in [5.74, 6) is -0.390. The summed E-state index contributed by atoms with van der Waals surface area (Å²) in [7, 11) is 0. The molecule has 1 aromatic carbocycles. The van der Waals surface area contributed by atoms with Crippen molar-refractivity contribution >= 4 is 17.4 Å². The third kappa shape index (κ3) is 2.05. The van der Waals surface area contributed by atoms with Crippen LogP contribution in [0.1, 0.15) is 22.8 Å². The molecule has 3 nitrogen and oxygen atoms in total. The molecule has 1 unspecified atom stereocenters. The summed E-state index contributed by atoms with van der Waals surface area (Å²) in [6.45, 7) is 3.32. The number of aryl methyl sites for hydroxylation is 1. The van der Waals surface area contributed by atoms with Gasteiger partial charge in [-0.1, -0.05) is 11.6 Å². The van der Waals surface area contributed by atoms with E-state index in [9.17, 15) is 9.90 Å². The fourth-order valence-corrected chi connectivity index (χ4v) is 1.27. The van der Waals surface area contributed by atoms with Gasteiger partial charge in [0.2, 0.25) is 0 Å². The number of aromatic hydroxyl groups is 1. The monoisotopic (exact) mass is 213 g/mol. The summed E-state index contributed by atoms with van der Waals surface area (Å²) >= 11 is 5.83. The van der Waals surface area contributed by atoms with E-state index in [2.05, 4.69) is 0 Å². The SMILES string of the molecule is Cc1cc(O)c(C(=O)C(C)N)cc1Cl. The number of phenols is 1.